The largest absolute Gasteiger partial charge is 0.462 e. The summed E-state index contributed by atoms with van der Waals surface area (Å²) < 4.78 is 66.4. The zero-order chi connectivity index (χ0) is 31.8. The summed E-state index contributed by atoms with van der Waals surface area (Å²) >= 11 is 1.93. The van der Waals surface area contributed by atoms with E-state index in [1.807, 2.05) is 83.3 Å². The van der Waals surface area contributed by atoms with Crippen molar-refractivity contribution in [3.05, 3.63) is 134 Å². The van der Waals surface area contributed by atoms with E-state index in [4.69, 9.17) is 18.7 Å². The minimum atomic E-state index is -1.32. The predicted octanol–water partition coefficient (Wildman–Crippen LogP) is 7.71. The second kappa shape index (κ2) is 12.6. The number of furan rings is 1. The first-order valence-corrected chi connectivity index (χ1v) is 15.9. The summed E-state index contributed by atoms with van der Waals surface area (Å²) in [5, 5.41) is -0.161. The minimum absolute atomic E-state index is 0.0884. The summed E-state index contributed by atoms with van der Waals surface area (Å²) in [4.78, 5) is 20.4. The third-order valence-electron chi connectivity index (χ3n) is 8.12. The van der Waals surface area contributed by atoms with Crippen LogP contribution in [0.1, 0.15) is 30.4 Å². The molecule has 7 rings (SSSR count). The molecule has 1 saturated carbocycles. The minimum Gasteiger partial charge on any atom is -0.462 e. The highest BCUT2D eigenvalue weighted by Crippen LogP contribution is 2.43. The van der Waals surface area contributed by atoms with Crippen LogP contribution in [-0.2, 0) is 22.7 Å². The summed E-state index contributed by atoms with van der Waals surface area (Å²) in [6.07, 6.45) is 2.25. The van der Waals surface area contributed by atoms with Crippen LogP contribution >= 0.6 is 22.6 Å². The lowest BCUT2D eigenvalue weighted by molar-refractivity contribution is -0.0734. The molecule has 46 heavy (non-hydrogen) atoms. The fourth-order valence-corrected chi connectivity index (χ4v) is 6.12. The highest BCUT2D eigenvalue weighted by molar-refractivity contribution is 14.1. The summed E-state index contributed by atoms with van der Waals surface area (Å²) in [5.74, 6) is -3.30. The van der Waals surface area contributed by atoms with E-state index in [0.717, 1.165) is 20.4 Å². The number of hydrogen-bond donors (Lipinski definition) is 0. The van der Waals surface area contributed by atoms with Crippen molar-refractivity contribution in [1.29, 1.82) is 0 Å². The average Bonchev–Trinajstić information content (AvgIpc) is 3.52. The molecule has 11 heteroatoms. The van der Waals surface area contributed by atoms with Crippen molar-refractivity contribution < 1.29 is 31.9 Å². The number of nitrogens with zero attached hydrogens (tertiary/aromatic N) is 2. The monoisotopic (exact) mass is 740 g/mol. The fourth-order valence-electron chi connectivity index (χ4n) is 5.66. The van der Waals surface area contributed by atoms with Gasteiger partial charge in [-0.1, -0.05) is 60.7 Å². The molecule has 2 aromatic heterocycles. The molecule has 0 N–H and O–H groups in total. The quantitative estimate of drug-likeness (QED) is 0.120. The van der Waals surface area contributed by atoms with Crippen molar-refractivity contribution in [3.8, 4) is 5.69 Å². The molecule has 0 spiro atoms. The summed E-state index contributed by atoms with van der Waals surface area (Å²) in [6, 6.07) is 24.9. The Hall–Kier alpha value is -4.07. The molecule has 1 atom stereocenters. The van der Waals surface area contributed by atoms with Crippen molar-refractivity contribution in [3.63, 3.8) is 0 Å². The predicted molar refractivity (Wildman–Crippen MR) is 174 cm³/mol. The molecule has 1 aliphatic carbocycles. The topological polar surface area (TPSA) is 67.8 Å². The molecule has 1 aliphatic rings. The first kappa shape index (κ1) is 30.6. The Morgan fingerprint density at radius 3 is 2.24 bits per heavy atom. The van der Waals surface area contributed by atoms with Crippen molar-refractivity contribution in [2.24, 2.45) is 0 Å². The summed E-state index contributed by atoms with van der Waals surface area (Å²) in [5.41, 5.74) is -0.725. The van der Waals surface area contributed by atoms with E-state index in [1.54, 1.807) is 6.07 Å². The highest BCUT2D eigenvalue weighted by atomic mass is 127. The standard InChI is InChI=1S/C35H28F3IN2O5/c36-27-17-24(39)11-12-28(27)40-31-30(38)29(37)26-13-16-44-33(26)32(31)41(34(40)42)46-35(14-15-35)18-25(45-20-23-9-5-2-6-10-23)21-43-19-22-7-3-1-4-8-22/h1-13,16-17,25H,14-15,18-21H2/t25-/m1/s1. The average molecular weight is 741 g/mol. The van der Waals surface area contributed by atoms with Gasteiger partial charge in [-0.05, 0) is 70.8 Å². The molecule has 2 heterocycles. The van der Waals surface area contributed by atoms with E-state index in [-0.39, 0.29) is 28.8 Å². The Morgan fingerprint density at radius 1 is 0.870 bits per heavy atom. The van der Waals surface area contributed by atoms with E-state index < -0.39 is 40.4 Å². The normalized spacial score (nSPS) is 14.6. The second-order valence-electron chi connectivity index (χ2n) is 11.4. The van der Waals surface area contributed by atoms with Gasteiger partial charge in [0.05, 0.1) is 43.3 Å². The third kappa shape index (κ3) is 5.94. The van der Waals surface area contributed by atoms with Gasteiger partial charge >= 0.3 is 5.69 Å². The van der Waals surface area contributed by atoms with Crippen LogP contribution in [0.15, 0.2) is 100 Å². The van der Waals surface area contributed by atoms with Gasteiger partial charge in [-0.15, -0.1) is 4.73 Å². The Balaban J connectivity index is 1.24. The Kier molecular flexibility index (Phi) is 8.38. The van der Waals surface area contributed by atoms with Crippen LogP contribution in [0.5, 0.6) is 0 Å². The first-order valence-electron chi connectivity index (χ1n) is 14.8. The van der Waals surface area contributed by atoms with Gasteiger partial charge in [0.15, 0.2) is 22.7 Å². The van der Waals surface area contributed by atoms with Crippen LogP contribution in [0.4, 0.5) is 13.2 Å². The van der Waals surface area contributed by atoms with E-state index in [2.05, 4.69) is 0 Å². The van der Waals surface area contributed by atoms with E-state index in [1.165, 1.54) is 24.5 Å². The van der Waals surface area contributed by atoms with Gasteiger partial charge in [0, 0.05) is 9.99 Å². The van der Waals surface area contributed by atoms with Crippen molar-refractivity contribution in [2.75, 3.05) is 6.61 Å². The van der Waals surface area contributed by atoms with Crippen LogP contribution in [0.25, 0.3) is 27.7 Å². The lowest BCUT2D eigenvalue weighted by atomic mass is 10.1. The SMILES string of the molecule is O=c1n(OC2(C[C@H](COCc3ccccc3)OCc3ccccc3)CC2)c2c3occc3c(F)c(F)c2n1-c1ccc(I)cc1F. The lowest BCUT2D eigenvalue weighted by Gasteiger charge is -2.24. The number of ether oxygens (including phenoxy) is 2. The molecule has 7 nitrogen and oxygen atoms in total. The van der Waals surface area contributed by atoms with Crippen molar-refractivity contribution >= 4 is 44.6 Å². The van der Waals surface area contributed by atoms with Crippen LogP contribution in [-0.4, -0.2) is 27.6 Å². The molecule has 0 amide bonds. The van der Waals surface area contributed by atoms with Crippen LogP contribution in [0.2, 0.25) is 0 Å². The maximum atomic E-state index is 15.8. The Bertz CT molecular complexity index is 2070. The number of rotatable bonds is 12. The number of fused-ring (bicyclic) bond motifs is 3. The first-order chi connectivity index (χ1) is 22.3. The molecule has 0 saturated heterocycles. The Labute approximate surface area is 275 Å². The summed E-state index contributed by atoms with van der Waals surface area (Å²) in [7, 11) is 0. The molecule has 0 unspecified atom stereocenters. The van der Waals surface area contributed by atoms with Crippen LogP contribution in [0.3, 0.4) is 0 Å². The molecule has 0 radical (unpaired) electrons. The number of hydrogen-bond acceptors (Lipinski definition) is 5. The van der Waals surface area contributed by atoms with E-state index >= 15 is 13.2 Å². The lowest BCUT2D eigenvalue weighted by Crippen LogP contribution is -2.39. The number of benzene rings is 4. The second-order valence-corrected chi connectivity index (χ2v) is 12.6. The fraction of sp³-hybridized carbons (Fsp3) is 0.229. The van der Waals surface area contributed by atoms with Crippen LogP contribution in [0, 0.1) is 21.0 Å². The number of aromatic nitrogens is 2. The number of halogens is 4. The van der Waals surface area contributed by atoms with Gasteiger partial charge in [0.1, 0.15) is 16.9 Å². The van der Waals surface area contributed by atoms with Gasteiger partial charge in [0.25, 0.3) is 0 Å². The van der Waals surface area contributed by atoms with Gasteiger partial charge in [0.2, 0.25) is 0 Å². The van der Waals surface area contributed by atoms with E-state index in [0.29, 0.717) is 36.0 Å². The maximum Gasteiger partial charge on any atom is 0.367 e. The molecule has 0 bridgehead atoms. The molecule has 236 valence electrons. The smallest absolute Gasteiger partial charge is 0.367 e. The zero-order valence-corrected chi connectivity index (χ0v) is 26.6. The molecule has 4 aromatic carbocycles. The molecular weight excluding hydrogens is 712 g/mol. The van der Waals surface area contributed by atoms with Gasteiger partial charge < -0.3 is 18.7 Å². The van der Waals surface area contributed by atoms with Gasteiger partial charge in [-0.3, -0.25) is 4.57 Å². The van der Waals surface area contributed by atoms with Gasteiger partial charge in [-0.25, -0.2) is 18.0 Å². The zero-order valence-electron chi connectivity index (χ0n) is 24.4. The van der Waals surface area contributed by atoms with Gasteiger partial charge in [-0.2, -0.15) is 0 Å². The molecule has 0 aliphatic heterocycles. The highest BCUT2D eigenvalue weighted by Gasteiger charge is 2.49. The molecular formula is C35H28F3IN2O5. The molecule has 1 fully saturated rings. The van der Waals surface area contributed by atoms with Crippen molar-refractivity contribution in [1.82, 2.24) is 9.30 Å². The maximum absolute atomic E-state index is 15.8. The van der Waals surface area contributed by atoms with Crippen LogP contribution < -0.4 is 10.5 Å². The summed E-state index contributed by atoms with van der Waals surface area (Å²) in [6.45, 7) is 0.967. The van der Waals surface area contributed by atoms with Crippen molar-refractivity contribution in [2.45, 2.75) is 44.2 Å². The number of imidazole rings is 1. The Morgan fingerprint density at radius 2 is 1.57 bits per heavy atom. The van der Waals surface area contributed by atoms with E-state index in [9.17, 15) is 4.79 Å². The molecule has 6 aromatic rings. The third-order valence-corrected chi connectivity index (χ3v) is 8.79.